The number of hydrogen-bond donors (Lipinski definition) is 0. The number of benzene rings is 2. The summed E-state index contributed by atoms with van der Waals surface area (Å²) in [5, 5.41) is 0. The number of methoxy groups -OCH3 is 3. The van der Waals surface area contributed by atoms with Gasteiger partial charge in [-0.25, -0.2) is 4.98 Å². The van der Waals surface area contributed by atoms with Crippen LogP contribution in [-0.4, -0.2) is 43.2 Å². The third-order valence-corrected chi connectivity index (χ3v) is 7.52. The third kappa shape index (κ3) is 6.04. The van der Waals surface area contributed by atoms with Gasteiger partial charge in [-0.15, -0.1) is 0 Å². The van der Waals surface area contributed by atoms with E-state index in [-0.39, 0.29) is 17.4 Å². The lowest BCUT2D eigenvalue weighted by molar-refractivity contribution is -0.129. The molecule has 0 unspecified atom stereocenters. The SMILES string of the molecule is COc1ccc(CN2C(=O)CC[C@@H]2C=C(c2ccc(C(C)(C)C)cc2)c2ccc(Br)c(OC)n2)c(OC)c1. The summed E-state index contributed by atoms with van der Waals surface area (Å²) in [4.78, 5) is 19.8. The molecule has 6 nitrogen and oxygen atoms in total. The first-order chi connectivity index (χ1) is 18.1. The van der Waals surface area contributed by atoms with Gasteiger partial charge in [-0.3, -0.25) is 4.79 Å². The highest BCUT2D eigenvalue weighted by Crippen LogP contribution is 2.34. The van der Waals surface area contributed by atoms with Gasteiger partial charge < -0.3 is 19.1 Å². The van der Waals surface area contributed by atoms with Gasteiger partial charge in [0.15, 0.2) is 0 Å². The Morgan fingerprint density at radius 1 is 1.03 bits per heavy atom. The van der Waals surface area contributed by atoms with E-state index in [0.717, 1.165) is 33.3 Å². The standard InChI is InChI=1S/C31H35BrN2O4/c1-31(2,3)22-10-7-20(8-11-22)25(27-15-14-26(32)30(33-27)38-6)17-23-12-16-29(35)34(23)19-21-9-13-24(36-4)18-28(21)37-5/h7-11,13-15,17-18,23H,12,16,19H2,1-6H3/t23-/m1/s1. The highest BCUT2D eigenvalue weighted by Gasteiger charge is 2.31. The zero-order chi connectivity index (χ0) is 27.4. The number of nitrogens with zero attached hydrogens (tertiary/aromatic N) is 2. The fourth-order valence-electron chi connectivity index (χ4n) is 4.69. The number of aromatic nitrogens is 1. The Hall–Kier alpha value is -3.32. The minimum atomic E-state index is -0.0944. The van der Waals surface area contributed by atoms with E-state index in [1.807, 2.05) is 35.2 Å². The van der Waals surface area contributed by atoms with Gasteiger partial charge in [0.05, 0.1) is 37.5 Å². The van der Waals surface area contributed by atoms with Gasteiger partial charge >= 0.3 is 0 Å². The predicted octanol–water partition coefficient (Wildman–Crippen LogP) is 6.79. The molecule has 1 aliphatic rings. The Morgan fingerprint density at radius 2 is 1.76 bits per heavy atom. The topological polar surface area (TPSA) is 60.9 Å². The van der Waals surface area contributed by atoms with Crippen LogP contribution in [-0.2, 0) is 16.8 Å². The molecular formula is C31H35BrN2O4. The molecule has 0 bridgehead atoms. The zero-order valence-electron chi connectivity index (χ0n) is 22.9. The predicted molar refractivity (Wildman–Crippen MR) is 154 cm³/mol. The van der Waals surface area contributed by atoms with Crippen LogP contribution in [0.25, 0.3) is 5.57 Å². The summed E-state index contributed by atoms with van der Waals surface area (Å²) in [6.45, 7) is 7.06. The largest absolute Gasteiger partial charge is 0.497 e. The first-order valence-corrected chi connectivity index (χ1v) is 13.5. The number of carbonyl (C=O) groups is 1. The number of rotatable bonds is 8. The Balaban J connectivity index is 1.76. The number of halogens is 1. The first kappa shape index (κ1) is 27.7. The summed E-state index contributed by atoms with van der Waals surface area (Å²) in [6, 6.07) is 18.1. The lowest BCUT2D eigenvalue weighted by atomic mass is 9.86. The minimum Gasteiger partial charge on any atom is -0.497 e. The van der Waals surface area contributed by atoms with E-state index in [4.69, 9.17) is 19.2 Å². The lowest BCUT2D eigenvalue weighted by Crippen LogP contribution is -2.31. The molecule has 2 heterocycles. The monoisotopic (exact) mass is 578 g/mol. The molecule has 1 fully saturated rings. The van der Waals surface area contributed by atoms with E-state index < -0.39 is 0 Å². The van der Waals surface area contributed by atoms with E-state index in [1.54, 1.807) is 21.3 Å². The second-order valence-electron chi connectivity index (χ2n) is 10.4. The number of likely N-dealkylation sites (tertiary alicyclic amines) is 1. The molecule has 1 saturated heterocycles. The molecule has 0 N–H and O–H groups in total. The summed E-state index contributed by atoms with van der Waals surface area (Å²) < 4.78 is 17.2. The van der Waals surface area contributed by atoms with E-state index in [2.05, 4.69) is 67.0 Å². The van der Waals surface area contributed by atoms with Crippen LogP contribution >= 0.6 is 15.9 Å². The maximum Gasteiger partial charge on any atom is 0.228 e. The van der Waals surface area contributed by atoms with Gasteiger partial charge in [-0.1, -0.05) is 51.1 Å². The number of pyridine rings is 1. The quantitative estimate of drug-likeness (QED) is 0.294. The molecule has 1 amide bonds. The van der Waals surface area contributed by atoms with Crippen molar-refractivity contribution in [1.29, 1.82) is 0 Å². The number of carbonyl (C=O) groups excluding carboxylic acids is 1. The smallest absolute Gasteiger partial charge is 0.228 e. The summed E-state index contributed by atoms with van der Waals surface area (Å²) in [5.41, 5.74) is 5.02. The highest BCUT2D eigenvalue weighted by atomic mass is 79.9. The van der Waals surface area contributed by atoms with Crippen molar-refractivity contribution < 1.29 is 19.0 Å². The van der Waals surface area contributed by atoms with Crippen molar-refractivity contribution in [3.05, 3.63) is 87.5 Å². The second kappa shape index (κ2) is 11.6. The molecule has 1 atom stereocenters. The van der Waals surface area contributed by atoms with Crippen LogP contribution in [0.1, 0.15) is 56.0 Å². The van der Waals surface area contributed by atoms with Crippen LogP contribution in [0.3, 0.4) is 0 Å². The van der Waals surface area contributed by atoms with Gasteiger partial charge in [0.1, 0.15) is 11.5 Å². The highest BCUT2D eigenvalue weighted by molar-refractivity contribution is 9.10. The van der Waals surface area contributed by atoms with E-state index >= 15 is 0 Å². The average Bonchev–Trinajstić information content (AvgIpc) is 3.26. The molecule has 200 valence electrons. The fraction of sp³-hybridized carbons (Fsp3) is 0.355. The molecule has 1 aliphatic heterocycles. The Labute approximate surface area is 233 Å². The minimum absolute atomic E-state index is 0.0492. The van der Waals surface area contributed by atoms with Gasteiger partial charge in [0.25, 0.3) is 0 Å². The van der Waals surface area contributed by atoms with Crippen LogP contribution in [0.4, 0.5) is 0 Å². The third-order valence-electron chi connectivity index (χ3n) is 6.91. The van der Waals surface area contributed by atoms with Crippen molar-refractivity contribution in [2.45, 2.75) is 51.6 Å². The molecule has 0 radical (unpaired) electrons. The number of ether oxygens (including phenoxy) is 3. The lowest BCUT2D eigenvalue weighted by Gasteiger charge is -2.25. The van der Waals surface area contributed by atoms with Crippen LogP contribution in [0.15, 0.2) is 65.1 Å². The van der Waals surface area contributed by atoms with Crippen molar-refractivity contribution in [3.63, 3.8) is 0 Å². The molecule has 38 heavy (non-hydrogen) atoms. The maximum absolute atomic E-state index is 13.1. The van der Waals surface area contributed by atoms with Gasteiger partial charge in [0.2, 0.25) is 11.8 Å². The van der Waals surface area contributed by atoms with Crippen molar-refractivity contribution in [1.82, 2.24) is 9.88 Å². The molecule has 0 spiro atoms. The van der Waals surface area contributed by atoms with Crippen LogP contribution in [0, 0.1) is 0 Å². The molecule has 3 aromatic rings. The number of amides is 1. The van der Waals surface area contributed by atoms with Gasteiger partial charge in [-0.2, -0.15) is 0 Å². The Morgan fingerprint density at radius 3 is 2.39 bits per heavy atom. The summed E-state index contributed by atoms with van der Waals surface area (Å²) in [5.74, 6) is 2.05. The molecule has 1 aromatic heterocycles. The molecule has 4 rings (SSSR count). The van der Waals surface area contributed by atoms with E-state index in [9.17, 15) is 4.79 Å². The van der Waals surface area contributed by atoms with Crippen molar-refractivity contribution in [2.24, 2.45) is 0 Å². The molecular weight excluding hydrogens is 544 g/mol. The summed E-state index contributed by atoms with van der Waals surface area (Å²) >= 11 is 3.51. The molecule has 2 aromatic carbocycles. The molecule has 0 saturated carbocycles. The Kier molecular flexibility index (Phi) is 8.46. The number of hydrogen-bond acceptors (Lipinski definition) is 5. The maximum atomic E-state index is 13.1. The van der Waals surface area contributed by atoms with E-state index in [0.29, 0.717) is 30.3 Å². The van der Waals surface area contributed by atoms with Crippen LogP contribution < -0.4 is 14.2 Å². The van der Waals surface area contributed by atoms with Gasteiger partial charge in [-0.05, 0) is 63.2 Å². The second-order valence-corrected chi connectivity index (χ2v) is 11.3. The van der Waals surface area contributed by atoms with Crippen molar-refractivity contribution >= 4 is 27.4 Å². The summed E-state index contributed by atoms with van der Waals surface area (Å²) in [7, 11) is 4.87. The molecule has 0 aliphatic carbocycles. The summed E-state index contributed by atoms with van der Waals surface area (Å²) in [6.07, 6.45) is 3.39. The normalized spacial score (nSPS) is 16.1. The first-order valence-electron chi connectivity index (χ1n) is 12.7. The van der Waals surface area contributed by atoms with Crippen molar-refractivity contribution in [3.8, 4) is 17.4 Å². The van der Waals surface area contributed by atoms with Crippen LogP contribution in [0.2, 0.25) is 0 Å². The Bertz CT molecular complexity index is 1330. The van der Waals surface area contributed by atoms with Gasteiger partial charge in [0, 0.05) is 30.2 Å². The van der Waals surface area contributed by atoms with Crippen molar-refractivity contribution in [2.75, 3.05) is 21.3 Å². The van der Waals surface area contributed by atoms with Crippen LogP contribution in [0.5, 0.6) is 17.4 Å². The zero-order valence-corrected chi connectivity index (χ0v) is 24.5. The van der Waals surface area contributed by atoms with E-state index in [1.165, 1.54) is 5.56 Å². The average molecular weight is 580 g/mol. The fourth-order valence-corrected chi connectivity index (χ4v) is 5.07. The molecule has 7 heteroatoms.